The maximum absolute atomic E-state index is 4.72. The third-order valence-electron chi connectivity index (χ3n) is 4.64. The number of piperidine rings is 1. The molecule has 0 atom stereocenters. The van der Waals surface area contributed by atoms with Crippen LogP contribution in [0.1, 0.15) is 30.0 Å². The van der Waals surface area contributed by atoms with Gasteiger partial charge in [-0.3, -0.25) is 9.88 Å². The van der Waals surface area contributed by atoms with E-state index in [1.54, 1.807) is 0 Å². The van der Waals surface area contributed by atoms with Crippen molar-refractivity contribution >= 4 is 0 Å². The molecule has 110 valence electrons. The molecule has 3 heterocycles. The Morgan fingerprint density at radius 3 is 2.70 bits per heavy atom. The zero-order valence-electron chi connectivity index (χ0n) is 12.5. The third kappa shape index (κ3) is 3.37. The molecule has 1 aromatic rings. The van der Waals surface area contributed by atoms with Gasteiger partial charge in [-0.15, -0.1) is 0 Å². The van der Waals surface area contributed by atoms with Crippen molar-refractivity contribution in [3.63, 3.8) is 0 Å². The molecule has 20 heavy (non-hydrogen) atoms. The van der Waals surface area contributed by atoms with E-state index in [2.05, 4.69) is 34.3 Å². The van der Waals surface area contributed by atoms with Crippen LogP contribution >= 0.6 is 0 Å². The summed E-state index contributed by atoms with van der Waals surface area (Å²) in [6.07, 6.45) is 4.42. The summed E-state index contributed by atoms with van der Waals surface area (Å²) in [6, 6.07) is 4.37. The standard InChI is InChI=1S/C16H26N4/c1-19-9-11-20(12-10-19)13-15-3-2-6-18-16(15)14-4-7-17-8-5-14/h2-3,6,14,17H,4-5,7-13H2,1H3. The van der Waals surface area contributed by atoms with Gasteiger partial charge in [0.15, 0.2) is 0 Å². The summed E-state index contributed by atoms with van der Waals surface area (Å²) < 4.78 is 0. The van der Waals surface area contributed by atoms with E-state index in [9.17, 15) is 0 Å². The highest BCUT2D eigenvalue weighted by Crippen LogP contribution is 2.27. The Balaban J connectivity index is 1.69. The lowest BCUT2D eigenvalue weighted by molar-refractivity contribution is 0.147. The maximum Gasteiger partial charge on any atom is 0.0480 e. The van der Waals surface area contributed by atoms with Gasteiger partial charge in [0.05, 0.1) is 0 Å². The van der Waals surface area contributed by atoms with Gasteiger partial charge < -0.3 is 10.2 Å². The van der Waals surface area contributed by atoms with Gasteiger partial charge in [-0.1, -0.05) is 6.07 Å². The predicted molar refractivity (Wildman–Crippen MR) is 81.9 cm³/mol. The van der Waals surface area contributed by atoms with Gasteiger partial charge >= 0.3 is 0 Å². The predicted octanol–water partition coefficient (Wildman–Crippen LogP) is 1.30. The van der Waals surface area contributed by atoms with Crippen LogP contribution in [0.15, 0.2) is 18.3 Å². The first-order chi connectivity index (χ1) is 9.83. The van der Waals surface area contributed by atoms with Gasteiger partial charge in [-0.2, -0.15) is 0 Å². The fourth-order valence-electron chi connectivity index (χ4n) is 3.29. The zero-order valence-corrected chi connectivity index (χ0v) is 12.5. The summed E-state index contributed by atoms with van der Waals surface area (Å²) in [5.41, 5.74) is 2.80. The monoisotopic (exact) mass is 274 g/mol. The molecule has 0 unspecified atom stereocenters. The van der Waals surface area contributed by atoms with Crippen molar-refractivity contribution in [3.8, 4) is 0 Å². The molecule has 1 aromatic heterocycles. The molecule has 4 nitrogen and oxygen atoms in total. The number of hydrogen-bond donors (Lipinski definition) is 1. The van der Waals surface area contributed by atoms with E-state index < -0.39 is 0 Å². The van der Waals surface area contributed by atoms with Crippen LogP contribution in [0, 0.1) is 0 Å². The van der Waals surface area contributed by atoms with Crippen LogP contribution in [0.2, 0.25) is 0 Å². The Bertz CT molecular complexity index is 420. The minimum Gasteiger partial charge on any atom is -0.317 e. The van der Waals surface area contributed by atoms with E-state index in [1.165, 1.54) is 50.3 Å². The second-order valence-electron chi connectivity index (χ2n) is 6.15. The van der Waals surface area contributed by atoms with Gasteiger partial charge in [0, 0.05) is 50.5 Å². The van der Waals surface area contributed by atoms with Crippen LogP contribution in [0.5, 0.6) is 0 Å². The fourth-order valence-corrected chi connectivity index (χ4v) is 3.29. The maximum atomic E-state index is 4.72. The summed E-state index contributed by atoms with van der Waals surface area (Å²) in [6.45, 7) is 8.06. The summed E-state index contributed by atoms with van der Waals surface area (Å²) in [7, 11) is 2.21. The van der Waals surface area contributed by atoms with Crippen molar-refractivity contribution < 1.29 is 0 Å². The average molecular weight is 274 g/mol. The highest BCUT2D eigenvalue weighted by molar-refractivity contribution is 5.24. The highest BCUT2D eigenvalue weighted by Gasteiger charge is 2.21. The topological polar surface area (TPSA) is 31.4 Å². The quantitative estimate of drug-likeness (QED) is 0.900. The van der Waals surface area contributed by atoms with Crippen LogP contribution in [-0.2, 0) is 6.54 Å². The first-order valence-corrected chi connectivity index (χ1v) is 7.88. The number of nitrogens with one attached hydrogen (secondary N) is 1. The summed E-state index contributed by atoms with van der Waals surface area (Å²) in [5.74, 6) is 0.653. The van der Waals surface area contributed by atoms with E-state index in [-0.39, 0.29) is 0 Å². The van der Waals surface area contributed by atoms with E-state index >= 15 is 0 Å². The largest absolute Gasteiger partial charge is 0.317 e. The Morgan fingerprint density at radius 2 is 1.95 bits per heavy atom. The van der Waals surface area contributed by atoms with Gasteiger partial charge in [0.1, 0.15) is 0 Å². The van der Waals surface area contributed by atoms with Crippen LogP contribution in [-0.4, -0.2) is 61.1 Å². The number of likely N-dealkylation sites (N-methyl/N-ethyl adjacent to an activating group) is 1. The number of nitrogens with zero attached hydrogens (tertiary/aromatic N) is 3. The number of rotatable bonds is 3. The van der Waals surface area contributed by atoms with Crippen molar-refractivity contribution in [2.75, 3.05) is 46.3 Å². The van der Waals surface area contributed by atoms with E-state index in [0.717, 1.165) is 19.6 Å². The van der Waals surface area contributed by atoms with Gasteiger partial charge in [-0.05, 0) is 44.6 Å². The normalized spacial score (nSPS) is 23.1. The van der Waals surface area contributed by atoms with Gasteiger partial charge in [0.25, 0.3) is 0 Å². The second-order valence-corrected chi connectivity index (χ2v) is 6.15. The average Bonchev–Trinajstić information content (AvgIpc) is 2.51. The van der Waals surface area contributed by atoms with Crippen molar-refractivity contribution in [1.82, 2.24) is 20.1 Å². The van der Waals surface area contributed by atoms with E-state index in [0.29, 0.717) is 5.92 Å². The van der Waals surface area contributed by atoms with E-state index in [4.69, 9.17) is 4.98 Å². The molecule has 0 saturated carbocycles. The number of pyridine rings is 1. The minimum atomic E-state index is 0.653. The first-order valence-electron chi connectivity index (χ1n) is 7.88. The molecule has 1 N–H and O–H groups in total. The number of aromatic nitrogens is 1. The Morgan fingerprint density at radius 1 is 1.20 bits per heavy atom. The lowest BCUT2D eigenvalue weighted by Crippen LogP contribution is -2.44. The van der Waals surface area contributed by atoms with Gasteiger partial charge in [0.2, 0.25) is 0 Å². The van der Waals surface area contributed by atoms with Crippen molar-refractivity contribution in [1.29, 1.82) is 0 Å². The molecular weight excluding hydrogens is 248 g/mol. The molecule has 0 amide bonds. The lowest BCUT2D eigenvalue weighted by atomic mass is 9.91. The molecule has 3 rings (SSSR count). The first kappa shape index (κ1) is 14.0. The molecule has 0 aromatic carbocycles. The molecular formula is C16H26N4. The molecule has 0 bridgehead atoms. The molecule has 2 aliphatic rings. The van der Waals surface area contributed by atoms with E-state index in [1.807, 2.05) is 6.20 Å². The molecule has 0 aliphatic carbocycles. The number of piperazine rings is 1. The SMILES string of the molecule is CN1CCN(Cc2cccnc2C2CCNCC2)CC1. The molecule has 4 heteroatoms. The summed E-state index contributed by atoms with van der Waals surface area (Å²) in [4.78, 5) is 9.70. The van der Waals surface area contributed by atoms with Crippen LogP contribution in [0.25, 0.3) is 0 Å². The Hall–Kier alpha value is -0.970. The third-order valence-corrected chi connectivity index (χ3v) is 4.64. The molecule has 2 fully saturated rings. The Labute approximate surface area is 122 Å². The molecule has 2 aliphatic heterocycles. The molecule has 0 radical (unpaired) electrons. The number of hydrogen-bond acceptors (Lipinski definition) is 4. The molecule has 2 saturated heterocycles. The lowest BCUT2D eigenvalue weighted by Gasteiger charge is -2.33. The van der Waals surface area contributed by atoms with Crippen molar-refractivity contribution in [3.05, 3.63) is 29.6 Å². The van der Waals surface area contributed by atoms with Crippen LogP contribution in [0.4, 0.5) is 0 Å². The zero-order chi connectivity index (χ0) is 13.8. The summed E-state index contributed by atoms with van der Waals surface area (Å²) in [5, 5.41) is 3.45. The molecule has 0 spiro atoms. The highest BCUT2D eigenvalue weighted by atomic mass is 15.2. The smallest absolute Gasteiger partial charge is 0.0480 e. The fraction of sp³-hybridized carbons (Fsp3) is 0.688. The van der Waals surface area contributed by atoms with Gasteiger partial charge in [-0.25, -0.2) is 0 Å². The second kappa shape index (κ2) is 6.66. The Kier molecular flexibility index (Phi) is 4.65. The van der Waals surface area contributed by atoms with Crippen LogP contribution in [0.3, 0.4) is 0 Å². The van der Waals surface area contributed by atoms with Crippen LogP contribution < -0.4 is 5.32 Å². The summed E-state index contributed by atoms with van der Waals surface area (Å²) >= 11 is 0. The van der Waals surface area contributed by atoms with Crippen molar-refractivity contribution in [2.24, 2.45) is 0 Å². The minimum absolute atomic E-state index is 0.653. The van der Waals surface area contributed by atoms with Crippen molar-refractivity contribution in [2.45, 2.75) is 25.3 Å².